The number of hydrogen-bond acceptors (Lipinski definition) is 0. The molecule has 0 amide bonds. The summed E-state index contributed by atoms with van der Waals surface area (Å²) in [4.78, 5) is 0. The molecule has 0 spiro atoms. The van der Waals surface area contributed by atoms with Gasteiger partial charge in [0, 0.05) is 63.6 Å². The lowest BCUT2D eigenvalue weighted by Gasteiger charge is -2.18. The SMILES string of the molecule is CC(C)(C)c1ccc2c(c1)=C=C=C=C=c1cc(C(C)(C)C)ccc1=C=C=c1cc3c#cc4ccc(C(C)(C)C)cc4c#cc#cc4cc(C(C)(C)C)ccc4c#cc3cc1=C=C=2. The number of fused-ring (bicyclic) bond motifs is 6. The third-order valence-electron chi connectivity index (χ3n) is 10.9. The summed E-state index contributed by atoms with van der Waals surface area (Å²) in [7, 11) is 0. The highest BCUT2D eigenvalue weighted by Crippen LogP contribution is 2.26. The maximum absolute atomic E-state index is 3.51. The van der Waals surface area contributed by atoms with E-state index < -0.39 is 0 Å². The van der Waals surface area contributed by atoms with Gasteiger partial charge in [-0.05, 0) is 128 Å². The third kappa shape index (κ3) is 9.95. The summed E-state index contributed by atoms with van der Waals surface area (Å²) in [6, 6.07) is 56.3. The molecule has 0 saturated heterocycles. The zero-order valence-corrected chi connectivity index (χ0v) is 38.1. The number of benzene rings is 5. The third-order valence-corrected chi connectivity index (χ3v) is 10.9. The summed E-state index contributed by atoms with van der Waals surface area (Å²) >= 11 is 0. The van der Waals surface area contributed by atoms with Crippen molar-refractivity contribution in [2.45, 2.75) is 105 Å². The van der Waals surface area contributed by atoms with Crippen LogP contribution in [0.1, 0.15) is 105 Å². The molecule has 0 aliphatic heterocycles. The molecule has 0 saturated carbocycles. The first-order valence-corrected chi connectivity index (χ1v) is 21.1. The van der Waals surface area contributed by atoms with Gasteiger partial charge in [-0.2, -0.15) is 0 Å². The van der Waals surface area contributed by atoms with Gasteiger partial charge in [0.15, 0.2) is 0 Å². The largest absolute Gasteiger partial charge is 0.0603 e. The molecular formula is C62H50. The van der Waals surface area contributed by atoms with Crippen molar-refractivity contribution in [3.8, 4) is 0 Å². The molecule has 7 rings (SSSR count). The first kappa shape index (κ1) is 42.7. The summed E-state index contributed by atoms with van der Waals surface area (Å²) in [5, 5.41) is 9.58. The molecule has 0 heterocycles. The van der Waals surface area contributed by atoms with E-state index in [0.29, 0.717) is 0 Å². The summed E-state index contributed by atoms with van der Waals surface area (Å²) in [5.74, 6) is 0. The van der Waals surface area contributed by atoms with Crippen LogP contribution < -0.4 is 31.3 Å². The maximum atomic E-state index is 3.51. The molecule has 0 heteroatoms. The van der Waals surface area contributed by atoms with Crippen molar-refractivity contribution in [2.24, 2.45) is 0 Å². The maximum Gasteiger partial charge on any atom is 0.0419 e. The Kier molecular flexibility index (Phi) is 11.4. The fourth-order valence-electron chi connectivity index (χ4n) is 6.84. The van der Waals surface area contributed by atoms with Gasteiger partial charge in [-0.25, -0.2) is 0 Å². The number of hydrogen-bond donors (Lipinski definition) is 0. The van der Waals surface area contributed by atoms with E-state index in [1.807, 2.05) is 12.1 Å². The van der Waals surface area contributed by atoms with Crippen molar-refractivity contribution in [2.75, 3.05) is 0 Å². The van der Waals surface area contributed by atoms with Crippen LogP contribution in [0, 0.1) is 48.5 Å². The van der Waals surface area contributed by atoms with Gasteiger partial charge in [-0.3, -0.25) is 0 Å². The summed E-state index contributed by atoms with van der Waals surface area (Å²) in [6.45, 7) is 26.4. The molecule has 0 aromatic heterocycles. The van der Waals surface area contributed by atoms with Gasteiger partial charge >= 0.3 is 0 Å². The zero-order valence-electron chi connectivity index (χ0n) is 38.1. The Hall–Kier alpha value is -7.42. The Bertz CT molecular complexity index is 3330. The van der Waals surface area contributed by atoms with Crippen LogP contribution in [0.4, 0.5) is 0 Å². The fraction of sp³-hybridized carbons (Fsp3) is 0.258. The molecular weight excluding hydrogens is 745 g/mol. The van der Waals surface area contributed by atoms with Crippen LogP contribution in [0.3, 0.4) is 0 Å². The first-order valence-electron chi connectivity index (χ1n) is 21.1. The lowest BCUT2D eigenvalue weighted by molar-refractivity contribution is 0.589. The second kappa shape index (κ2) is 16.6. The predicted octanol–water partition coefficient (Wildman–Crippen LogP) is 9.66. The molecule has 0 atom stereocenters. The molecule has 0 unspecified atom stereocenters. The molecule has 6 aromatic rings. The second-order valence-electron chi connectivity index (χ2n) is 20.0. The van der Waals surface area contributed by atoms with Crippen molar-refractivity contribution < 1.29 is 0 Å². The molecule has 298 valence electrons. The molecule has 0 nitrogen and oxygen atoms in total. The van der Waals surface area contributed by atoms with Gasteiger partial charge < -0.3 is 0 Å². The highest BCUT2D eigenvalue weighted by molar-refractivity contribution is 5.84. The van der Waals surface area contributed by atoms with Crippen LogP contribution in [-0.2, 0) is 21.7 Å². The van der Waals surface area contributed by atoms with Crippen LogP contribution >= 0.6 is 0 Å². The smallest absolute Gasteiger partial charge is 0.0419 e. The van der Waals surface area contributed by atoms with Gasteiger partial charge in [-0.15, -0.1) is 0 Å². The fourth-order valence-corrected chi connectivity index (χ4v) is 6.84. The molecule has 0 bridgehead atoms. The minimum absolute atomic E-state index is 0.0660. The van der Waals surface area contributed by atoms with E-state index in [1.165, 1.54) is 22.3 Å². The first-order chi connectivity index (χ1) is 29.2. The van der Waals surface area contributed by atoms with Crippen molar-refractivity contribution in [3.63, 3.8) is 0 Å². The number of rotatable bonds is 0. The van der Waals surface area contributed by atoms with Gasteiger partial charge in [0.1, 0.15) is 0 Å². The minimum Gasteiger partial charge on any atom is -0.0603 e. The highest BCUT2D eigenvalue weighted by Gasteiger charge is 2.16. The van der Waals surface area contributed by atoms with E-state index in [4.69, 9.17) is 0 Å². The molecule has 0 radical (unpaired) electrons. The Morgan fingerprint density at radius 3 is 0.919 bits per heavy atom. The van der Waals surface area contributed by atoms with Crippen LogP contribution in [-0.4, -0.2) is 0 Å². The van der Waals surface area contributed by atoms with Crippen LogP contribution in [0.2, 0.25) is 0 Å². The van der Waals surface area contributed by atoms with Gasteiger partial charge in [0.25, 0.3) is 0 Å². The van der Waals surface area contributed by atoms with Gasteiger partial charge in [0.05, 0.1) is 0 Å². The molecule has 0 N–H and O–H groups in total. The Morgan fingerprint density at radius 1 is 0.258 bits per heavy atom. The topological polar surface area (TPSA) is 0 Å². The van der Waals surface area contributed by atoms with Crippen molar-refractivity contribution in [3.05, 3.63) is 198 Å². The van der Waals surface area contributed by atoms with Crippen molar-refractivity contribution in [1.29, 1.82) is 0 Å². The quantitative estimate of drug-likeness (QED) is 0.134. The molecule has 6 aromatic carbocycles. The minimum atomic E-state index is -0.0660. The standard InChI is InChI=1S/C62H50/c1-59(2,3)55-33-29-43-21-25-51-37-53-27-23-45-31-35-57(61(7,8)9)41-49(45)19-15-16-20-50-42-58(62(10,11)12)36-32-46(50)24-28-54(53)38-52(51)26-22-44-30-34-56(60(4,5)6)40-48(44)18-14-13-17-47(43)39-55/h29-42H,1-12H3. The molecule has 1 aliphatic carbocycles. The lowest BCUT2D eigenvalue weighted by Crippen LogP contribution is -2.27. The lowest BCUT2D eigenvalue weighted by atomic mass is 9.86. The normalized spacial score (nSPS) is 11.7. The zero-order chi connectivity index (χ0) is 44.5. The Balaban J connectivity index is 1.75. The molecule has 0 fully saturated rings. The van der Waals surface area contributed by atoms with E-state index in [1.54, 1.807) is 0 Å². The van der Waals surface area contributed by atoms with Gasteiger partial charge in [0.2, 0.25) is 0 Å². The molecule has 1 aliphatic rings. The monoisotopic (exact) mass is 794 g/mol. The van der Waals surface area contributed by atoms with E-state index in [9.17, 15) is 0 Å². The second-order valence-corrected chi connectivity index (χ2v) is 20.0. The van der Waals surface area contributed by atoms with E-state index in [-0.39, 0.29) is 21.7 Å². The Labute approximate surface area is 368 Å². The van der Waals surface area contributed by atoms with Crippen LogP contribution in [0.25, 0.3) is 66.7 Å². The van der Waals surface area contributed by atoms with Crippen LogP contribution in [0.5, 0.6) is 0 Å². The Morgan fingerprint density at radius 2 is 0.548 bits per heavy atom. The van der Waals surface area contributed by atoms with E-state index in [2.05, 4.69) is 250 Å². The average molecular weight is 795 g/mol. The van der Waals surface area contributed by atoms with Crippen molar-refractivity contribution in [1.82, 2.24) is 0 Å². The van der Waals surface area contributed by atoms with E-state index >= 15 is 0 Å². The average Bonchev–Trinajstić information content (AvgIpc) is 3.20. The highest BCUT2D eigenvalue weighted by atomic mass is 14.2. The molecule has 62 heavy (non-hydrogen) atoms. The summed E-state index contributed by atoms with van der Waals surface area (Å²) in [6.07, 6.45) is 0. The summed E-state index contributed by atoms with van der Waals surface area (Å²) in [5.41, 5.74) is 31.3. The van der Waals surface area contributed by atoms with Crippen LogP contribution in [0.15, 0.2) is 96.4 Å². The van der Waals surface area contributed by atoms with Crippen molar-refractivity contribution >= 4 is 66.7 Å². The van der Waals surface area contributed by atoms with E-state index in [0.717, 1.165) is 63.6 Å². The van der Waals surface area contributed by atoms with Gasteiger partial charge in [-0.1, -0.05) is 178 Å². The predicted molar refractivity (Wildman–Crippen MR) is 258 cm³/mol. The summed E-state index contributed by atoms with van der Waals surface area (Å²) < 4.78 is 0.